The Kier molecular flexibility index (Phi) is 4.39. The zero-order chi connectivity index (χ0) is 4.12. The van der Waals surface area contributed by atoms with Gasteiger partial charge in [0.05, 0.1) is 0 Å². The van der Waals surface area contributed by atoms with Crippen LogP contribution in [0.25, 0.3) is 0 Å². The number of rotatable bonds is 0. The first kappa shape index (κ1) is 5.21. The quantitative estimate of drug-likeness (QED) is 0.586. The maximum atomic E-state index is 7.66. The van der Waals surface area contributed by atoms with Crippen molar-refractivity contribution < 1.29 is 27.1 Å². The summed E-state index contributed by atoms with van der Waals surface area (Å²) < 4.78 is 6.87. The molecular formula is C2H2N2U. The van der Waals surface area contributed by atoms with E-state index in [1.165, 1.54) is 0 Å². The number of nitrogens with zero attached hydrogens (tertiary/aromatic N) is 2. The van der Waals surface area contributed by atoms with Gasteiger partial charge >= 0.3 is 44.3 Å². The van der Waals surface area contributed by atoms with Crippen LogP contribution in [-0.4, -0.2) is 3.53 Å². The Morgan fingerprint density at radius 2 is 2.60 bits per heavy atom. The van der Waals surface area contributed by atoms with Gasteiger partial charge in [-0.15, -0.1) is 0 Å². The molecule has 0 aliphatic rings. The van der Waals surface area contributed by atoms with E-state index in [1.54, 1.807) is 6.19 Å². The first-order valence-corrected chi connectivity index (χ1v) is 5.83. The molecule has 0 aliphatic heterocycles. The van der Waals surface area contributed by atoms with E-state index in [9.17, 15) is 0 Å². The minimum atomic E-state index is -1.04. The van der Waals surface area contributed by atoms with Gasteiger partial charge in [-0.2, -0.15) is 0 Å². The van der Waals surface area contributed by atoms with E-state index in [1.807, 2.05) is 0 Å². The van der Waals surface area contributed by atoms with Crippen LogP contribution < -0.4 is 0 Å². The van der Waals surface area contributed by atoms with Crippen LogP contribution in [0.4, 0.5) is 0 Å². The third-order valence-corrected chi connectivity index (χ3v) is 1.20. The Hall–Kier alpha value is 0.212. The minimum absolute atomic E-state index is 1.04. The predicted octanol–water partition coefficient (Wildman–Crippen LogP) is 0.168. The van der Waals surface area contributed by atoms with Gasteiger partial charge in [0.2, 0.25) is 0 Å². The van der Waals surface area contributed by atoms with Crippen molar-refractivity contribution in [1.29, 1.82) is 5.26 Å². The molecule has 0 amide bonds. The molecule has 24 valence electrons. The van der Waals surface area contributed by atoms with Crippen LogP contribution in [0.1, 0.15) is 0 Å². The van der Waals surface area contributed by atoms with Crippen LogP contribution in [0.3, 0.4) is 0 Å². The number of hydrogen-bond donors (Lipinski definition) is 0. The first-order chi connectivity index (χ1) is 2.41. The molecule has 2 nitrogen and oxygen atoms in total. The standard InChI is InChI=1S/CN2.CH2.U/c2-1-3;;/h;1H2;. The molecule has 0 aromatic rings. The molecule has 0 fully saturated rings. The predicted molar refractivity (Wildman–Crippen MR) is 15.2 cm³/mol. The summed E-state index contributed by atoms with van der Waals surface area (Å²) >= 11 is -1.04. The first-order valence-electron chi connectivity index (χ1n) is 1.02. The molecule has 0 aliphatic carbocycles. The average Bonchev–Trinajstić information content (AvgIpc) is 1.41. The summed E-state index contributed by atoms with van der Waals surface area (Å²) in [6.45, 7) is 0. The van der Waals surface area contributed by atoms with Gasteiger partial charge in [0.25, 0.3) is 0 Å². The van der Waals surface area contributed by atoms with Gasteiger partial charge in [-0.3, -0.25) is 0 Å². The molecule has 0 heterocycles. The Balaban J connectivity index is 3.46. The molecular weight excluding hydrogens is 290 g/mol. The molecule has 5 heavy (non-hydrogen) atoms. The Labute approximate surface area is 44.3 Å². The van der Waals surface area contributed by atoms with Gasteiger partial charge in [0.1, 0.15) is 0 Å². The molecule has 0 aromatic heterocycles. The fourth-order valence-electron chi connectivity index (χ4n) is 0.0354. The third-order valence-electron chi connectivity index (χ3n) is 0.129. The van der Waals surface area contributed by atoms with Gasteiger partial charge in [0.15, 0.2) is 0 Å². The molecule has 3 heteroatoms. The summed E-state index contributed by atoms with van der Waals surface area (Å²) in [6, 6.07) is 0. The van der Waals surface area contributed by atoms with E-state index in [0.717, 1.165) is 0 Å². The van der Waals surface area contributed by atoms with Gasteiger partial charge in [-0.05, 0) is 0 Å². The van der Waals surface area contributed by atoms with E-state index in [0.29, 0.717) is 0 Å². The molecule has 0 aromatic carbocycles. The zero-order valence-corrected chi connectivity index (χ0v) is 6.77. The van der Waals surface area contributed by atoms with Crippen molar-refractivity contribution in [3.05, 3.63) is 0 Å². The molecule has 0 saturated heterocycles. The Morgan fingerprint density at radius 1 is 2.00 bits per heavy atom. The van der Waals surface area contributed by atoms with Gasteiger partial charge < -0.3 is 0 Å². The zero-order valence-electron chi connectivity index (χ0n) is 2.60. The summed E-state index contributed by atoms with van der Waals surface area (Å²) in [5.74, 6) is 0. The summed E-state index contributed by atoms with van der Waals surface area (Å²) in [6.07, 6.45) is 1.67. The maximum absolute atomic E-state index is 7.66. The number of nitriles is 1. The Bertz CT molecular complexity index is 94.7. The molecule has 0 unspecified atom stereocenters. The van der Waals surface area contributed by atoms with Crippen LogP contribution in [0.2, 0.25) is 0 Å². The van der Waals surface area contributed by atoms with Crippen molar-refractivity contribution in [2.24, 2.45) is 2.26 Å². The fraction of sp³-hybridized carbons (Fsp3) is 0. The summed E-state index contributed by atoms with van der Waals surface area (Å²) in [7, 11) is 0. The monoisotopic (exact) mass is 292 g/mol. The van der Waals surface area contributed by atoms with Crippen LogP contribution in [0.5, 0.6) is 0 Å². The summed E-state index contributed by atoms with van der Waals surface area (Å²) in [4.78, 5) is 0. The van der Waals surface area contributed by atoms with Crippen molar-refractivity contribution in [3.63, 3.8) is 0 Å². The molecule has 0 spiro atoms. The van der Waals surface area contributed by atoms with E-state index in [4.69, 9.17) is 5.26 Å². The van der Waals surface area contributed by atoms with Crippen molar-refractivity contribution in [3.8, 4) is 6.19 Å². The molecule has 0 bridgehead atoms. The van der Waals surface area contributed by atoms with Crippen LogP contribution in [0.15, 0.2) is 2.26 Å². The third kappa shape index (κ3) is 4.21. The van der Waals surface area contributed by atoms with Crippen molar-refractivity contribution in [2.75, 3.05) is 0 Å². The normalized spacial score (nSPS) is 3.80. The topological polar surface area (TPSA) is 36.1 Å². The van der Waals surface area contributed by atoms with Gasteiger partial charge in [0, 0.05) is 0 Å². The van der Waals surface area contributed by atoms with E-state index in [2.05, 4.69) is 5.79 Å². The molecule has 0 rings (SSSR count). The second kappa shape index (κ2) is 4.21. The van der Waals surface area contributed by atoms with Crippen LogP contribution in [0, 0.1) is 38.5 Å². The average molecular weight is 292 g/mol. The van der Waals surface area contributed by atoms with Crippen molar-refractivity contribution >= 4 is 3.53 Å². The van der Waals surface area contributed by atoms with Gasteiger partial charge in [-0.25, -0.2) is 0 Å². The van der Waals surface area contributed by atoms with Crippen LogP contribution >= 0.6 is 0 Å². The molecule has 0 atom stereocenters. The van der Waals surface area contributed by atoms with Gasteiger partial charge in [-0.1, -0.05) is 0 Å². The molecule has 0 saturated carbocycles. The number of hydrogen-bond acceptors (Lipinski definition) is 2. The Morgan fingerprint density at radius 3 is 2.60 bits per heavy atom. The second-order valence-electron chi connectivity index (χ2n) is 0.370. The molecule has 0 radical (unpaired) electrons. The van der Waals surface area contributed by atoms with Crippen LogP contribution in [-0.2, 0) is 0 Å². The summed E-state index contributed by atoms with van der Waals surface area (Å²) in [5, 5.41) is 7.66. The van der Waals surface area contributed by atoms with Crippen molar-refractivity contribution in [1.82, 2.24) is 0 Å². The SMILES string of the molecule is [CH2]=[U]=[N]C#N. The second-order valence-corrected chi connectivity index (χ2v) is 2.62. The van der Waals surface area contributed by atoms with E-state index >= 15 is 0 Å². The molecule has 0 N–H and O–H groups in total. The fourth-order valence-corrected chi connectivity index (χ4v) is 0.330. The van der Waals surface area contributed by atoms with Crippen molar-refractivity contribution in [2.45, 2.75) is 0 Å². The van der Waals surface area contributed by atoms with E-state index < -0.39 is 27.1 Å². The summed E-state index contributed by atoms with van der Waals surface area (Å²) in [5.41, 5.74) is 0. The van der Waals surface area contributed by atoms with E-state index in [-0.39, 0.29) is 0 Å².